The van der Waals surface area contributed by atoms with Crippen LogP contribution in [0, 0.1) is 11.3 Å². The fourth-order valence-electron chi connectivity index (χ4n) is 5.14. The van der Waals surface area contributed by atoms with Crippen LogP contribution >= 0.6 is 23.1 Å². The fraction of sp³-hybridized carbons (Fsp3) is 0.300. The van der Waals surface area contributed by atoms with E-state index in [0.29, 0.717) is 63.8 Å². The van der Waals surface area contributed by atoms with E-state index in [-0.39, 0.29) is 28.8 Å². The van der Waals surface area contributed by atoms with Crippen molar-refractivity contribution in [3.8, 4) is 23.3 Å². The summed E-state index contributed by atoms with van der Waals surface area (Å²) < 4.78 is 16.7. The third kappa shape index (κ3) is 6.16. The van der Waals surface area contributed by atoms with Crippen LogP contribution in [0.3, 0.4) is 0 Å². The van der Waals surface area contributed by atoms with Gasteiger partial charge in [-0.05, 0) is 49.6 Å². The zero-order valence-corrected chi connectivity index (χ0v) is 25.5. The van der Waals surface area contributed by atoms with Crippen molar-refractivity contribution >= 4 is 45.6 Å². The van der Waals surface area contributed by atoms with Crippen LogP contribution in [-0.4, -0.2) is 48.5 Å². The summed E-state index contributed by atoms with van der Waals surface area (Å²) >= 11 is 2.45. The zero-order chi connectivity index (χ0) is 30.5. The van der Waals surface area contributed by atoms with E-state index < -0.39 is 5.92 Å². The summed E-state index contributed by atoms with van der Waals surface area (Å²) in [5, 5.41) is 22.1. The second kappa shape index (κ2) is 13.2. The molecule has 1 unspecified atom stereocenters. The van der Waals surface area contributed by atoms with Gasteiger partial charge in [0.15, 0.2) is 10.1 Å². The van der Waals surface area contributed by atoms with Gasteiger partial charge in [-0.2, -0.15) is 5.26 Å². The van der Waals surface area contributed by atoms with Crippen LogP contribution in [0.15, 0.2) is 69.5 Å². The van der Waals surface area contributed by atoms with Gasteiger partial charge in [-0.3, -0.25) is 14.5 Å². The van der Waals surface area contributed by atoms with Crippen LogP contribution in [0.2, 0.25) is 0 Å². The van der Waals surface area contributed by atoms with Crippen molar-refractivity contribution in [2.24, 2.45) is 5.73 Å². The van der Waals surface area contributed by atoms with E-state index >= 15 is 0 Å². The molecule has 2 heterocycles. The molecule has 1 amide bonds. The van der Waals surface area contributed by atoms with Crippen LogP contribution in [0.5, 0.6) is 17.2 Å². The summed E-state index contributed by atoms with van der Waals surface area (Å²) in [6.45, 7) is 2.44. The number of nitrogens with one attached hydrogen (secondary N) is 1. The number of benzene rings is 2. The van der Waals surface area contributed by atoms with E-state index in [1.807, 2.05) is 31.2 Å². The molecule has 1 aliphatic carbocycles. The van der Waals surface area contributed by atoms with Crippen molar-refractivity contribution in [1.82, 2.24) is 10.2 Å². The summed E-state index contributed by atoms with van der Waals surface area (Å²) in [5.41, 5.74) is 9.48. The second-order valence-corrected chi connectivity index (χ2v) is 11.8. The first-order valence-electron chi connectivity index (χ1n) is 13.6. The Balaban J connectivity index is 1.39. The zero-order valence-electron chi connectivity index (χ0n) is 23.9. The highest BCUT2D eigenvalue weighted by atomic mass is 32.2. The standard InChI is InChI=1S/C30H30N6O5S2/c1-4-41-18-10-8-17(9-11-18)26-20(15-31)28(32)36(22-6-5-7-23(37)27(22)26)29-34-35-30(43-29)42-16-25(38)33-21-14-19(39-2)12-13-24(21)40-3/h8-14,26H,4-7,16,32H2,1-3H3,(H,33,38). The number of ether oxygens (including phenoxy) is 3. The monoisotopic (exact) mass is 618 g/mol. The Bertz CT molecular complexity index is 1640. The number of allylic oxidation sites excluding steroid dienone is 3. The van der Waals surface area contributed by atoms with Crippen LogP contribution in [-0.2, 0) is 9.59 Å². The number of hydrogen-bond acceptors (Lipinski definition) is 12. The second-order valence-electron chi connectivity index (χ2n) is 9.57. The molecule has 222 valence electrons. The molecule has 1 aromatic heterocycles. The van der Waals surface area contributed by atoms with Crippen molar-refractivity contribution < 1.29 is 23.8 Å². The normalized spacial score (nSPS) is 16.5. The Morgan fingerprint density at radius 3 is 2.63 bits per heavy atom. The van der Waals surface area contributed by atoms with Gasteiger partial charge < -0.3 is 25.3 Å². The van der Waals surface area contributed by atoms with Crippen LogP contribution in [0.1, 0.15) is 37.7 Å². The number of anilines is 2. The molecule has 11 nitrogen and oxygen atoms in total. The van der Waals surface area contributed by atoms with Gasteiger partial charge in [-0.1, -0.05) is 35.2 Å². The maximum absolute atomic E-state index is 13.4. The molecule has 0 saturated heterocycles. The van der Waals surface area contributed by atoms with Gasteiger partial charge in [-0.15, -0.1) is 10.2 Å². The Morgan fingerprint density at radius 1 is 1.16 bits per heavy atom. The van der Waals surface area contributed by atoms with Crippen molar-refractivity contribution in [1.29, 1.82) is 5.26 Å². The number of hydrogen-bond donors (Lipinski definition) is 2. The van der Waals surface area contributed by atoms with Crippen LogP contribution in [0.25, 0.3) is 0 Å². The summed E-state index contributed by atoms with van der Waals surface area (Å²) in [6.07, 6.45) is 1.65. The quantitative estimate of drug-likeness (QED) is 0.296. The van der Waals surface area contributed by atoms with E-state index in [9.17, 15) is 14.9 Å². The highest BCUT2D eigenvalue weighted by molar-refractivity contribution is 8.01. The molecule has 0 saturated carbocycles. The number of Topliss-reactive ketones (excluding diaryl/α,β-unsaturated/α-hetero) is 1. The maximum atomic E-state index is 13.4. The van der Waals surface area contributed by atoms with E-state index in [1.54, 1.807) is 30.2 Å². The number of ketones is 1. The van der Waals surface area contributed by atoms with Crippen molar-refractivity contribution in [3.05, 3.63) is 70.7 Å². The highest BCUT2D eigenvalue weighted by Crippen LogP contribution is 2.47. The molecule has 2 aliphatic rings. The minimum Gasteiger partial charge on any atom is -0.497 e. The Kier molecular flexibility index (Phi) is 9.18. The average molecular weight is 619 g/mol. The van der Waals surface area contributed by atoms with Crippen LogP contribution < -0.4 is 30.2 Å². The molecule has 2 aromatic carbocycles. The van der Waals surface area contributed by atoms with E-state index in [2.05, 4.69) is 21.6 Å². The molecule has 3 aromatic rings. The first kappa shape index (κ1) is 29.9. The number of carbonyl (C=O) groups excluding carboxylic acids is 2. The summed E-state index contributed by atoms with van der Waals surface area (Å²) in [4.78, 5) is 27.8. The number of nitrogens with zero attached hydrogens (tertiary/aromatic N) is 4. The SMILES string of the molecule is CCOc1ccc(C2C(C#N)=C(N)N(c3nnc(SCC(=O)Nc4cc(OC)ccc4OC)s3)C3=C2C(=O)CCC3)cc1. The topological polar surface area (TPSA) is 153 Å². The van der Waals surface area contributed by atoms with Crippen LogP contribution in [0.4, 0.5) is 10.8 Å². The van der Waals surface area contributed by atoms with Crippen molar-refractivity contribution in [2.45, 2.75) is 36.4 Å². The minimum absolute atomic E-state index is 0.0193. The van der Waals surface area contributed by atoms with Gasteiger partial charge in [-0.25, -0.2) is 0 Å². The molecule has 13 heteroatoms. The Labute approximate surface area is 257 Å². The fourth-order valence-corrected chi connectivity index (χ4v) is 6.82. The Hall–Kier alpha value is -4.54. The minimum atomic E-state index is -0.584. The number of methoxy groups -OCH3 is 2. The number of nitriles is 1. The Morgan fingerprint density at radius 2 is 1.93 bits per heavy atom. The van der Waals surface area contributed by atoms with E-state index in [0.717, 1.165) is 11.3 Å². The molecular weight excluding hydrogens is 589 g/mol. The number of carbonyl (C=O) groups is 2. The molecule has 1 atom stereocenters. The summed E-state index contributed by atoms with van der Waals surface area (Å²) in [5.74, 6) is 1.21. The molecule has 43 heavy (non-hydrogen) atoms. The number of nitrogens with two attached hydrogens (primary N) is 1. The predicted molar refractivity (Wildman–Crippen MR) is 164 cm³/mol. The summed E-state index contributed by atoms with van der Waals surface area (Å²) in [6, 6.07) is 14.8. The summed E-state index contributed by atoms with van der Waals surface area (Å²) in [7, 11) is 3.07. The lowest BCUT2D eigenvalue weighted by Gasteiger charge is -2.38. The predicted octanol–water partition coefficient (Wildman–Crippen LogP) is 4.99. The molecular formula is C30H30N6O5S2. The van der Waals surface area contributed by atoms with Gasteiger partial charge in [0.2, 0.25) is 11.0 Å². The molecule has 0 radical (unpaired) electrons. The first-order chi connectivity index (χ1) is 20.9. The maximum Gasteiger partial charge on any atom is 0.234 e. The smallest absolute Gasteiger partial charge is 0.234 e. The number of aromatic nitrogens is 2. The lowest BCUT2D eigenvalue weighted by Crippen LogP contribution is -2.38. The molecule has 0 spiro atoms. The van der Waals surface area contributed by atoms with Crippen molar-refractivity contribution in [2.75, 3.05) is 36.8 Å². The van der Waals surface area contributed by atoms with Gasteiger partial charge in [0.1, 0.15) is 23.1 Å². The number of thioether (sulfide) groups is 1. The largest absolute Gasteiger partial charge is 0.497 e. The van der Waals surface area contributed by atoms with Crippen molar-refractivity contribution in [3.63, 3.8) is 0 Å². The number of amides is 1. The lowest BCUT2D eigenvalue weighted by molar-refractivity contribution is -0.116. The first-order valence-corrected chi connectivity index (χ1v) is 15.4. The molecule has 0 fully saturated rings. The third-order valence-corrected chi connectivity index (χ3v) is 9.07. The molecule has 1 aliphatic heterocycles. The number of rotatable bonds is 10. The molecule has 0 bridgehead atoms. The highest BCUT2D eigenvalue weighted by Gasteiger charge is 2.41. The third-order valence-electron chi connectivity index (χ3n) is 7.03. The molecule has 5 rings (SSSR count). The van der Waals surface area contributed by atoms with E-state index in [4.69, 9.17) is 19.9 Å². The molecule has 3 N–H and O–H groups in total. The van der Waals surface area contributed by atoms with Gasteiger partial charge in [0.05, 0.1) is 49.8 Å². The average Bonchev–Trinajstić information content (AvgIpc) is 3.48. The van der Waals surface area contributed by atoms with E-state index in [1.165, 1.54) is 30.2 Å². The lowest BCUT2D eigenvalue weighted by atomic mass is 9.76. The van der Waals surface area contributed by atoms with Gasteiger partial charge in [0, 0.05) is 23.8 Å². The van der Waals surface area contributed by atoms with Gasteiger partial charge in [0.25, 0.3) is 0 Å². The van der Waals surface area contributed by atoms with Gasteiger partial charge >= 0.3 is 0 Å².